The van der Waals surface area contributed by atoms with Crippen molar-refractivity contribution in [2.75, 3.05) is 13.2 Å². The van der Waals surface area contributed by atoms with E-state index in [-0.39, 0.29) is 12.7 Å². The van der Waals surface area contributed by atoms with Crippen molar-refractivity contribution in [3.63, 3.8) is 0 Å². The first-order valence-electron chi connectivity index (χ1n) is 11.6. The summed E-state index contributed by atoms with van der Waals surface area (Å²) in [5.41, 5.74) is -0.611. The summed E-state index contributed by atoms with van der Waals surface area (Å²) in [7, 11) is -10.7. The first-order valence-corrected chi connectivity index (χ1v) is 14.8. The molecule has 0 aromatic heterocycles. The zero-order valence-electron chi connectivity index (χ0n) is 22.4. The molecule has 0 aromatic rings. The third kappa shape index (κ3) is 12.2. The van der Waals surface area contributed by atoms with E-state index < -0.39 is 68.0 Å². The number of nitrogens with two attached hydrogens (primary N) is 1. The largest absolute Gasteiger partial charge is 0.776 e. The highest BCUT2D eigenvalue weighted by Crippen LogP contribution is 2.64. The van der Waals surface area contributed by atoms with Gasteiger partial charge in [-0.15, -0.1) is 0 Å². The van der Waals surface area contributed by atoms with Crippen LogP contribution in [0.5, 0.6) is 0 Å². The standard InChI is InChI=1S/C18H32N2O7.C2H8O7P2/c1-10(2)26-17(24)14(11(3)21)20-16(23)15-12(7-8-19-15)25-9-13(22)27-18(4,5)6;1-2(3,10(4,5)6)11(7,8)9/h10-12,14-15,19,21H,7-9H2,1-6H3,(H,20,23);3H,1H3,(H2,4,5,6)(H2,7,8,9)/t11-,12+,14+,15+;/m1./s1. The van der Waals surface area contributed by atoms with Gasteiger partial charge in [-0.1, -0.05) is 0 Å². The van der Waals surface area contributed by atoms with E-state index >= 15 is 0 Å². The number of nitrogens with one attached hydrogen (secondary N) is 1. The third-order valence-corrected chi connectivity index (χ3v) is 8.60. The molecule has 2 unspecified atom stereocenters. The number of amides is 1. The highest BCUT2D eigenvalue weighted by molar-refractivity contribution is 7.71. The van der Waals surface area contributed by atoms with E-state index in [0.717, 1.165) is 0 Å². The lowest BCUT2D eigenvalue weighted by molar-refractivity contribution is -0.660. The van der Waals surface area contributed by atoms with Crippen molar-refractivity contribution in [2.45, 2.75) is 96.0 Å². The Labute approximate surface area is 220 Å². The molecule has 0 radical (unpaired) electrons. The van der Waals surface area contributed by atoms with Gasteiger partial charge in [0.15, 0.2) is 19.7 Å². The summed E-state index contributed by atoms with van der Waals surface area (Å²) < 4.78 is 36.2. The van der Waals surface area contributed by atoms with E-state index in [2.05, 4.69) is 5.32 Å². The Morgan fingerprint density at radius 3 is 2.00 bits per heavy atom. The number of quaternary nitrogens is 1. The molecule has 0 saturated carbocycles. The molecule has 16 nitrogen and oxygen atoms in total. The smallest absolute Gasteiger partial charge is 0.365 e. The minimum Gasteiger partial charge on any atom is -0.776 e. The molecule has 0 aliphatic carbocycles. The molecule has 1 aliphatic rings. The monoisotopic (exact) mass is 594 g/mol. The molecular formula is C20H40N2O14P2. The average Bonchev–Trinajstić information content (AvgIpc) is 3.15. The second kappa shape index (κ2) is 14.3. The van der Waals surface area contributed by atoms with Gasteiger partial charge < -0.3 is 59.2 Å². The highest BCUT2D eigenvalue weighted by Gasteiger charge is 2.49. The topological polar surface area (TPSA) is 266 Å². The number of esters is 2. The summed E-state index contributed by atoms with van der Waals surface area (Å²) in [6.07, 6.45) is -1.38. The summed E-state index contributed by atoms with van der Waals surface area (Å²) in [4.78, 5) is 71.2. The number of hydrogen-bond donors (Lipinski definition) is 7. The normalized spacial score (nSPS) is 22.7. The second-order valence-corrected chi connectivity index (χ2v) is 14.2. The van der Waals surface area contributed by atoms with Crippen molar-refractivity contribution in [3.8, 4) is 0 Å². The van der Waals surface area contributed by atoms with E-state index in [4.69, 9.17) is 34.0 Å². The van der Waals surface area contributed by atoms with Crippen LogP contribution in [0.15, 0.2) is 0 Å². The van der Waals surface area contributed by atoms with Gasteiger partial charge in [-0.05, 0) is 48.5 Å². The minimum atomic E-state index is -5.45. The van der Waals surface area contributed by atoms with Gasteiger partial charge in [-0.2, -0.15) is 0 Å². The van der Waals surface area contributed by atoms with E-state index in [0.29, 0.717) is 19.9 Å². The molecule has 1 heterocycles. The maximum absolute atomic E-state index is 12.6. The summed E-state index contributed by atoms with van der Waals surface area (Å²) in [5.74, 6) is -1.65. The second-order valence-electron chi connectivity index (χ2n) is 10.0. The zero-order valence-corrected chi connectivity index (χ0v) is 24.2. The van der Waals surface area contributed by atoms with Gasteiger partial charge in [0.1, 0.15) is 18.3 Å². The molecule has 38 heavy (non-hydrogen) atoms. The van der Waals surface area contributed by atoms with Crippen LogP contribution in [-0.4, -0.2) is 97.0 Å². The van der Waals surface area contributed by atoms with Gasteiger partial charge >= 0.3 is 19.5 Å². The van der Waals surface area contributed by atoms with Crippen LogP contribution in [0.3, 0.4) is 0 Å². The van der Waals surface area contributed by atoms with Crippen molar-refractivity contribution in [1.82, 2.24) is 5.32 Å². The number of carbonyl (C=O) groups is 3. The number of carbonyl (C=O) groups excluding carboxylic acids is 3. The van der Waals surface area contributed by atoms with Crippen LogP contribution in [0.1, 0.15) is 54.9 Å². The van der Waals surface area contributed by atoms with Crippen LogP contribution in [0.2, 0.25) is 0 Å². The van der Waals surface area contributed by atoms with Gasteiger partial charge in [0.05, 0.1) is 18.8 Å². The number of hydrogen-bond acceptors (Lipinski definition) is 11. The zero-order chi connectivity index (χ0) is 30.3. The quantitative estimate of drug-likeness (QED) is 0.0998. The van der Waals surface area contributed by atoms with Crippen molar-refractivity contribution >= 4 is 33.0 Å². The van der Waals surface area contributed by atoms with Crippen molar-refractivity contribution in [3.05, 3.63) is 0 Å². The Morgan fingerprint density at radius 2 is 1.63 bits per heavy atom. The van der Waals surface area contributed by atoms with Crippen LogP contribution < -0.4 is 15.5 Å². The molecule has 8 N–H and O–H groups in total. The Balaban J connectivity index is 0.00000105. The van der Waals surface area contributed by atoms with Gasteiger partial charge in [-0.3, -0.25) is 9.36 Å². The van der Waals surface area contributed by atoms with Crippen LogP contribution in [0, 0.1) is 0 Å². The number of aliphatic hydroxyl groups is 2. The molecule has 1 saturated heterocycles. The van der Waals surface area contributed by atoms with Gasteiger partial charge in [0, 0.05) is 6.42 Å². The minimum absolute atomic E-state index is 0.255. The molecule has 1 rings (SSSR count). The molecule has 1 aliphatic heterocycles. The van der Waals surface area contributed by atoms with E-state index in [1.54, 1.807) is 39.9 Å². The van der Waals surface area contributed by atoms with Crippen LogP contribution in [0.4, 0.5) is 0 Å². The molecule has 18 heteroatoms. The van der Waals surface area contributed by atoms with Gasteiger partial charge in [0.25, 0.3) is 5.91 Å². The molecule has 0 spiro atoms. The van der Waals surface area contributed by atoms with Crippen molar-refractivity contribution < 1.29 is 72.8 Å². The van der Waals surface area contributed by atoms with E-state index in [9.17, 15) is 33.5 Å². The first kappa shape index (κ1) is 36.5. The fourth-order valence-electron chi connectivity index (χ4n) is 2.88. The Bertz CT molecular complexity index is 882. The lowest BCUT2D eigenvalue weighted by atomic mass is 10.1. The lowest BCUT2D eigenvalue weighted by Gasteiger charge is -2.32. The van der Waals surface area contributed by atoms with Crippen LogP contribution in [-0.2, 0) is 37.7 Å². The predicted octanol–water partition coefficient (Wildman–Crippen LogP) is -2.76. The molecule has 1 fully saturated rings. The molecule has 0 aromatic carbocycles. The van der Waals surface area contributed by atoms with Crippen molar-refractivity contribution in [2.24, 2.45) is 0 Å². The highest BCUT2D eigenvalue weighted by atomic mass is 31.2. The van der Waals surface area contributed by atoms with E-state index in [1.807, 2.05) is 0 Å². The predicted molar refractivity (Wildman–Crippen MR) is 128 cm³/mol. The molecule has 6 atom stereocenters. The Morgan fingerprint density at radius 1 is 1.11 bits per heavy atom. The SMILES string of the molecule is CC(C)OC(=O)[C@@H](NC(=O)[C@H]1[NH2+]CC[C@@H]1OCC(=O)OC(C)(C)C)[C@@H](C)O.CC(O)(P(=O)([O-])O)P(=O)(O)O. The first-order chi connectivity index (χ1) is 16.9. The third-order valence-electron chi connectivity index (χ3n) is 4.88. The number of rotatable bonds is 10. The van der Waals surface area contributed by atoms with Gasteiger partial charge in [0.2, 0.25) is 5.08 Å². The lowest BCUT2D eigenvalue weighted by Crippen LogP contribution is -2.91. The Hall–Kier alpha value is -1.45. The van der Waals surface area contributed by atoms with Crippen LogP contribution in [0.25, 0.3) is 0 Å². The molecule has 224 valence electrons. The molecular weight excluding hydrogens is 554 g/mol. The summed E-state index contributed by atoms with van der Waals surface area (Å²) in [6, 6.07) is -1.79. The van der Waals surface area contributed by atoms with Gasteiger partial charge in [-0.25, -0.2) is 9.59 Å². The number of aliphatic hydroxyl groups excluding tert-OH is 1. The maximum Gasteiger partial charge on any atom is 0.365 e. The maximum atomic E-state index is 12.6. The summed E-state index contributed by atoms with van der Waals surface area (Å²) in [6.45, 7) is 10.8. The number of ether oxygens (including phenoxy) is 3. The molecule has 0 bridgehead atoms. The summed E-state index contributed by atoms with van der Waals surface area (Å²) >= 11 is 0. The van der Waals surface area contributed by atoms with Crippen molar-refractivity contribution in [1.29, 1.82) is 0 Å². The fraction of sp³-hybridized carbons (Fsp3) is 0.850. The Kier molecular flexibility index (Phi) is 13.7. The fourth-order valence-corrected chi connectivity index (χ4v) is 4.19. The van der Waals surface area contributed by atoms with Crippen LogP contribution >= 0.6 is 15.2 Å². The van der Waals surface area contributed by atoms with E-state index in [1.165, 1.54) is 6.92 Å². The molecule has 1 amide bonds. The average molecular weight is 594 g/mol. The summed E-state index contributed by atoms with van der Waals surface area (Å²) in [5, 5.41) is 19.3.